The molecule has 0 fully saturated rings. The smallest absolute Gasteiger partial charge is 0.203 e. The van der Waals surface area contributed by atoms with Gasteiger partial charge >= 0.3 is 0 Å². The Morgan fingerprint density at radius 3 is 2.58 bits per heavy atom. The molecule has 0 aromatic carbocycles. The van der Waals surface area contributed by atoms with Crippen molar-refractivity contribution in [3.8, 4) is 0 Å². The molecule has 0 saturated heterocycles. The standard InChI is InChI=1S/C7H19N5/c1-6(2)12(3)5-4-10-7(8)11-9/h6H,4-5,9H2,1-3H3,(H3,8,10,11). The number of aliphatic imine (C=N–C) groups is 1. The molecule has 5 nitrogen and oxygen atoms in total. The fourth-order valence-corrected chi connectivity index (χ4v) is 0.632. The highest BCUT2D eigenvalue weighted by Crippen LogP contribution is 1.91. The molecule has 0 aliphatic rings. The predicted octanol–water partition coefficient (Wildman–Crippen LogP) is -0.895. The Morgan fingerprint density at radius 2 is 2.17 bits per heavy atom. The molecular formula is C7H19N5. The SMILES string of the molecule is CC(C)N(C)CCN=C(N)NN. The highest BCUT2D eigenvalue weighted by molar-refractivity contribution is 5.77. The Balaban J connectivity index is 3.55. The summed E-state index contributed by atoms with van der Waals surface area (Å²) in [6.45, 7) is 5.83. The Labute approximate surface area is 73.8 Å². The van der Waals surface area contributed by atoms with Crippen LogP contribution in [0.4, 0.5) is 0 Å². The second-order valence-corrected chi connectivity index (χ2v) is 2.99. The van der Waals surface area contributed by atoms with Crippen molar-refractivity contribution in [2.24, 2.45) is 16.6 Å². The number of rotatable bonds is 4. The number of nitrogens with two attached hydrogens (primary N) is 2. The van der Waals surface area contributed by atoms with Crippen molar-refractivity contribution < 1.29 is 0 Å². The van der Waals surface area contributed by atoms with Crippen molar-refractivity contribution in [2.75, 3.05) is 20.1 Å². The van der Waals surface area contributed by atoms with Crippen LogP contribution in [-0.2, 0) is 0 Å². The third-order valence-corrected chi connectivity index (χ3v) is 1.76. The first-order valence-corrected chi connectivity index (χ1v) is 4.04. The van der Waals surface area contributed by atoms with Crippen LogP contribution in [0.15, 0.2) is 4.99 Å². The van der Waals surface area contributed by atoms with Crippen molar-refractivity contribution >= 4 is 5.96 Å². The molecule has 0 unspecified atom stereocenters. The van der Waals surface area contributed by atoms with Crippen LogP contribution in [0.1, 0.15) is 13.8 Å². The first kappa shape index (κ1) is 11.2. The maximum absolute atomic E-state index is 5.33. The van der Waals surface area contributed by atoms with Crippen LogP contribution < -0.4 is 17.0 Å². The predicted molar refractivity (Wildman–Crippen MR) is 51.6 cm³/mol. The number of nitrogens with one attached hydrogen (secondary N) is 1. The van der Waals surface area contributed by atoms with E-state index in [-0.39, 0.29) is 5.96 Å². The summed E-state index contributed by atoms with van der Waals surface area (Å²) >= 11 is 0. The summed E-state index contributed by atoms with van der Waals surface area (Å²) < 4.78 is 0. The summed E-state index contributed by atoms with van der Waals surface area (Å²) in [6.07, 6.45) is 0. The van der Waals surface area contributed by atoms with Gasteiger partial charge in [-0.2, -0.15) is 0 Å². The van der Waals surface area contributed by atoms with Gasteiger partial charge in [0.05, 0.1) is 6.54 Å². The normalized spacial score (nSPS) is 12.7. The van der Waals surface area contributed by atoms with Crippen molar-refractivity contribution in [1.29, 1.82) is 0 Å². The second-order valence-electron chi connectivity index (χ2n) is 2.99. The van der Waals surface area contributed by atoms with Gasteiger partial charge in [-0.25, -0.2) is 5.84 Å². The molecule has 0 aromatic rings. The Morgan fingerprint density at radius 1 is 1.58 bits per heavy atom. The minimum Gasteiger partial charge on any atom is -0.369 e. The molecule has 0 radical (unpaired) electrons. The lowest BCUT2D eigenvalue weighted by atomic mass is 10.3. The van der Waals surface area contributed by atoms with Crippen LogP contribution in [-0.4, -0.2) is 37.0 Å². The molecule has 5 heteroatoms. The van der Waals surface area contributed by atoms with E-state index in [1.807, 2.05) is 7.05 Å². The molecule has 72 valence electrons. The fourth-order valence-electron chi connectivity index (χ4n) is 0.632. The van der Waals surface area contributed by atoms with Crippen LogP contribution in [0.3, 0.4) is 0 Å². The lowest BCUT2D eigenvalue weighted by molar-refractivity contribution is 0.282. The van der Waals surface area contributed by atoms with Gasteiger partial charge in [-0.05, 0) is 20.9 Å². The molecule has 0 heterocycles. The van der Waals surface area contributed by atoms with E-state index in [9.17, 15) is 0 Å². The summed E-state index contributed by atoms with van der Waals surface area (Å²) in [4.78, 5) is 6.17. The molecule has 0 amide bonds. The van der Waals surface area contributed by atoms with Gasteiger partial charge < -0.3 is 10.6 Å². The summed E-state index contributed by atoms with van der Waals surface area (Å²) in [6, 6.07) is 0.535. The number of hydrazine groups is 1. The molecule has 0 aromatic heterocycles. The van der Waals surface area contributed by atoms with Gasteiger partial charge in [0.25, 0.3) is 0 Å². The fraction of sp³-hybridized carbons (Fsp3) is 0.857. The largest absolute Gasteiger partial charge is 0.369 e. The minimum atomic E-state index is 0.284. The lowest BCUT2D eigenvalue weighted by Gasteiger charge is -2.19. The third-order valence-electron chi connectivity index (χ3n) is 1.76. The van der Waals surface area contributed by atoms with Crippen LogP contribution >= 0.6 is 0 Å². The number of likely N-dealkylation sites (N-methyl/N-ethyl adjacent to an activating group) is 1. The van der Waals surface area contributed by atoms with E-state index < -0.39 is 0 Å². The number of nitrogens with zero attached hydrogens (tertiary/aromatic N) is 2. The first-order valence-electron chi connectivity index (χ1n) is 4.04. The van der Waals surface area contributed by atoms with Crippen molar-refractivity contribution in [2.45, 2.75) is 19.9 Å². The quantitative estimate of drug-likeness (QED) is 0.223. The van der Waals surface area contributed by atoms with E-state index in [2.05, 4.69) is 29.2 Å². The Hall–Kier alpha value is -0.810. The highest BCUT2D eigenvalue weighted by atomic mass is 15.3. The molecule has 0 rings (SSSR count). The van der Waals surface area contributed by atoms with Gasteiger partial charge in [0.1, 0.15) is 0 Å². The molecule has 12 heavy (non-hydrogen) atoms. The van der Waals surface area contributed by atoms with E-state index in [0.717, 1.165) is 6.54 Å². The lowest BCUT2D eigenvalue weighted by Crippen LogP contribution is -2.38. The number of hydrogen-bond donors (Lipinski definition) is 3. The first-order chi connectivity index (χ1) is 5.57. The van der Waals surface area contributed by atoms with E-state index in [1.54, 1.807) is 0 Å². The zero-order valence-electron chi connectivity index (χ0n) is 8.04. The van der Waals surface area contributed by atoms with E-state index in [0.29, 0.717) is 12.6 Å². The summed E-state index contributed by atoms with van der Waals surface area (Å²) in [7, 11) is 2.05. The van der Waals surface area contributed by atoms with E-state index >= 15 is 0 Å². The molecule has 0 aliphatic heterocycles. The number of hydrogen-bond acceptors (Lipinski definition) is 3. The average Bonchev–Trinajstić information content (AvgIpc) is 2.03. The summed E-state index contributed by atoms with van der Waals surface area (Å²) in [5.41, 5.74) is 7.61. The van der Waals surface area contributed by atoms with E-state index in [4.69, 9.17) is 11.6 Å². The Bertz CT molecular complexity index is 143. The third kappa shape index (κ3) is 4.92. The van der Waals surface area contributed by atoms with Crippen LogP contribution in [0.2, 0.25) is 0 Å². The Kier molecular flexibility index (Phi) is 5.40. The van der Waals surface area contributed by atoms with Gasteiger partial charge in [0.15, 0.2) is 0 Å². The highest BCUT2D eigenvalue weighted by Gasteiger charge is 2.00. The maximum Gasteiger partial charge on any atom is 0.203 e. The minimum absolute atomic E-state index is 0.284. The van der Waals surface area contributed by atoms with Crippen LogP contribution in [0.25, 0.3) is 0 Å². The van der Waals surface area contributed by atoms with Gasteiger partial charge in [-0.3, -0.25) is 10.4 Å². The van der Waals surface area contributed by atoms with Crippen molar-refractivity contribution in [1.82, 2.24) is 10.3 Å². The summed E-state index contributed by atoms with van der Waals surface area (Å²) in [5.74, 6) is 5.31. The zero-order chi connectivity index (χ0) is 9.56. The zero-order valence-corrected chi connectivity index (χ0v) is 8.04. The molecule has 0 bridgehead atoms. The topological polar surface area (TPSA) is 79.7 Å². The van der Waals surface area contributed by atoms with Gasteiger partial charge in [-0.15, -0.1) is 0 Å². The van der Waals surface area contributed by atoms with E-state index in [1.165, 1.54) is 0 Å². The second kappa shape index (κ2) is 5.79. The molecule has 5 N–H and O–H groups in total. The van der Waals surface area contributed by atoms with Gasteiger partial charge in [0, 0.05) is 12.6 Å². The summed E-state index contributed by atoms with van der Waals surface area (Å²) in [5, 5.41) is 0. The van der Waals surface area contributed by atoms with Crippen LogP contribution in [0.5, 0.6) is 0 Å². The molecule has 0 atom stereocenters. The molecular weight excluding hydrogens is 154 g/mol. The van der Waals surface area contributed by atoms with Crippen LogP contribution in [0, 0.1) is 0 Å². The van der Waals surface area contributed by atoms with Crippen molar-refractivity contribution in [3.05, 3.63) is 0 Å². The van der Waals surface area contributed by atoms with Crippen molar-refractivity contribution in [3.63, 3.8) is 0 Å². The molecule has 0 saturated carbocycles. The van der Waals surface area contributed by atoms with Gasteiger partial charge in [0.2, 0.25) is 5.96 Å². The number of guanidine groups is 1. The monoisotopic (exact) mass is 173 g/mol. The molecule has 0 aliphatic carbocycles. The maximum atomic E-state index is 5.33. The van der Waals surface area contributed by atoms with Gasteiger partial charge in [-0.1, -0.05) is 0 Å². The molecule has 0 spiro atoms. The average molecular weight is 173 g/mol.